The van der Waals surface area contributed by atoms with Crippen molar-refractivity contribution >= 4 is 38.9 Å². The zero-order valence-corrected chi connectivity index (χ0v) is 12.7. The minimum atomic E-state index is 0.506. The summed E-state index contributed by atoms with van der Waals surface area (Å²) in [4.78, 5) is 9.87. The van der Waals surface area contributed by atoms with E-state index in [0.717, 1.165) is 21.5 Å². The van der Waals surface area contributed by atoms with Gasteiger partial charge in [0.25, 0.3) is 0 Å². The standard InChI is InChI=1S/C12H12BrClN2S/c1-7(2)5-8-6-10(14)16-12(15-8)11-9(13)3-4-17-11/h3-4,6-7H,5H2,1-2H3. The Labute approximate surface area is 118 Å². The molecule has 0 aliphatic heterocycles. The minimum Gasteiger partial charge on any atom is -0.232 e. The number of thiophene rings is 1. The van der Waals surface area contributed by atoms with Gasteiger partial charge in [0, 0.05) is 10.2 Å². The van der Waals surface area contributed by atoms with Crippen LogP contribution < -0.4 is 0 Å². The van der Waals surface area contributed by atoms with E-state index < -0.39 is 0 Å². The van der Waals surface area contributed by atoms with Gasteiger partial charge in [-0.2, -0.15) is 0 Å². The average molecular weight is 332 g/mol. The second kappa shape index (κ2) is 5.46. The second-order valence-corrected chi connectivity index (χ2v) is 6.36. The monoisotopic (exact) mass is 330 g/mol. The van der Waals surface area contributed by atoms with Gasteiger partial charge < -0.3 is 0 Å². The molecule has 17 heavy (non-hydrogen) atoms. The first-order valence-corrected chi connectivity index (χ1v) is 7.38. The number of nitrogens with zero attached hydrogens (tertiary/aromatic N) is 2. The molecule has 90 valence electrons. The molecule has 0 aliphatic carbocycles. The van der Waals surface area contributed by atoms with Gasteiger partial charge in [-0.3, -0.25) is 0 Å². The van der Waals surface area contributed by atoms with Crippen molar-refractivity contribution in [1.82, 2.24) is 9.97 Å². The average Bonchev–Trinajstić information content (AvgIpc) is 2.62. The van der Waals surface area contributed by atoms with Gasteiger partial charge in [0.2, 0.25) is 0 Å². The van der Waals surface area contributed by atoms with Crippen molar-refractivity contribution in [3.05, 3.63) is 32.8 Å². The topological polar surface area (TPSA) is 25.8 Å². The maximum Gasteiger partial charge on any atom is 0.172 e. The van der Waals surface area contributed by atoms with E-state index in [1.54, 1.807) is 11.3 Å². The lowest BCUT2D eigenvalue weighted by atomic mass is 10.1. The van der Waals surface area contributed by atoms with Crippen molar-refractivity contribution in [1.29, 1.82) is 0 Å². The molecule has 2 aromatic rings. The van der Waals surface area contributed by atoms with Gasteiger partial charge >= 0.3 is 0 Å². The molecule has 0 N–H and O–H groups in total. The van der Waals surface area contributed by atoms with Gasteiger partial charge in [-0.1, -0.05) is 25.4 Å². The summed E-state index contributed by atoms with van der Waals surface area (Å²) in [5.41, 5.74) is 0.996. The molecule has 0 radical (unpaired) electrons. The van der Waals surface area contributed by atoms with Crippen LogP contribution in [0.5, 0.6) is 0 Å². The Hall–Kier alpha value is -0.450. The Kier molecular flexibility index (Phi) is 4.17. The predicted molar refractivity (Wildman–Crippen MR) is 76.6 cm³/mol. The van der Waals surface area contributed by atoms with Crippen LogP contribution in [0.1, 0.15) is 19.5 Å². The highest BCUT2D eigenvalue weighted by Gasteiger charge is 2.11. The van der Waals surface area contributed by atoms with Crippen LogP contribution in [0.3, 0.4) is 0 Å². The fraction of sp³-hybridized carbons (Fsp3) is 0.333. The highest BCUT2D eigenvalue weighted by atomic mass is 79.9. The summed E-state index contributed by atoms with van der Waals surface area (Å²) in [6.45, 7) is 4.33. The van der Waals surface area contributed by atoms with Crippen LogP contribution in [0.25, 0.3) is 10.7 Å². The third kappa shape index (κ3) is 3.27. The number of hydrogen-bond acceptors (Lipinski definition) is 3. The normalized spacial score (nSPS) is 11.1. The summed E-state index contributed by atoms with van der Waals surface area (Å²) in [5.74, 6) is 1.26. The summed E-state index contributed by atoms with van der Waals surface area (Å²) < 4.78 is 1.01. The predicted octanol–water partition coefficient (Wildman–Crippen LogP) is 4.82. The Morgan fingerprint density at radius 3 is 2.76 bits per heavy atom. The van der Waals surface area contributed by atoms with E-state index in [9.17, 15) is 0 Å². The lowest BCUT2D eigenvalue weighted by molar-refractivity contribution is 0.634. The highest BCUT2D eigenvalue weighted by molar-refractivity contribution is 9.10. The molecule has 0 atom stereocenters. The molecule has 0 saturated heterocycles. The lowest BCUT2D eigenvalue weighted by Gasteiger charge is -2.06. The molecule has 5 heteroatoms. The van der Waals surface area contributed by atoms with E-state index in [0.29, 0.717) is 16.9 Å². The fourth-order valence-electron chi connectivity index (χ4n) is 1.54. The fourth-order valence-corrected chi connectivity index (χ4v) is 3.23. The molecule has 0 aromatic carbocycles. The van der Waals surface area contributed by atoms with Crippen LogP contribution in [0.2, 0.25) is 5.15 Å². The third-order valence-electron chi connectivity index (χ3n) is 2.19. The molecule has 0 aliphatic rings. The largest absolute Gasteiger partial charge is 0.232 e. The van der Waals surface area contributed by atoms with Gasteiger partial charge in [0.1, 0.15) is 5.15 Å². The Bertz CT molecular complexity index is 525. The number of hydrogen-bond donors (Lipinski definition) is 0. The van der Waals surface area contributed by atoms with Crippen molar-refractivity contribution in [2.45, 2.75) is 20.3 Å². The zero-order chi connectivity index (χ0) is 12.4. The maximum atomic E-state index is 6.04. The number of halogens is 2. The molecule has 2 nitrogen and oxygen atoms in total. The minimum absolute atomic E-state index is 0.506. The van der Waals surface area contributed by atoms with Crippen LogP contribution in [-0.4, -0.2) is 9.97 Å². The summed E-state index contributed by atoms with van der Waals surface area (Å²) in [7, 11) is 0. The first kappa shape index (κ1) is 13.0. The SMILES string of the molecule is CC(C)Cc1cc(Cl)nc(-c2sccc2Br)n1. The van der Waals surface area contributed by atoms with Crippen molar-refractivity contribution in [2.24, 2.45) is 5.92 Å². The van der Waals surface area contributed by atoms with Crippen LogP contribution in [-0.2, 0) is 6.42 Å². The smallest absolute Gasteiger partial charge is 0.172 e. The molecule has 2 heterocycles. The number of rotatable bonds is 3. The molecule has 0 saturated carbocycles. The molecule has 0 amide bonds. The van der Waals surface area contributed by atoms with Crippen LogP contribution in [0.4, 0.5) is 0 Å². The summed E-state index contributed by atoms with van der Waals surface area (Å²) >= 11 is 11.1. The quantitative estimate of drug-likeness (QED) is 0.754. The van der Waals surface area contributed by atoms with Crippen molar-refractivity contribution in [3.63, 3.8) is 0 Å². The molecular formula is C12H12BrClN2S. The van der Waals surface area contributed by atoms with Gasteiger partial charge in [0.15, 0.2) is 5.82 Å². The summed E-state index contributed by atoms with van der Waals surface area (Å²) in [6, 6.07) is 3.83. The van der Waals surface area contributed by atoms with E-state index in [-0.39, 0.29) is 0 Å². The van der Waals surface area contributed by atoms with Crippen molar-refractivity contribution in [2.75, 3.05) is 0 Å². The van der Waals surface area contributed by atoms with E-state index in [1.165, 1.54) is 0 Å². The lowest BCUT2D eigenvalue weighted by Crippen LogP contribution is -2.00. The summed E-state index contributed by atoms with van der Waals surface area (Å²) in [6.07, 6.45) is 0.915. The van der Waals surface area contributed by atoms with Crippen molar-refractivity contribution < 1.29 is 0 Å². The van der Waals surface area contributed by atoms with Crippen molar-refractivity contribution in [3.8, 4) is 10.7 Å². The van der Waals surface area contributed by atoms with Crippen LogP contribution in [0.15, 0.2) is 22.0 Å². The van der Waals surface area contributed by atoms with Crippen LogP contribution >= 0.6 is 38.9 Å². The Balaban J connectivity index is 2.42. The molecule has 2 aromatic heterocycles. The first-order chi connectivity index (χ1) is 8.06. The zero-order valence-electron chi connectivity index (χ0n) is 9.58. The Morgan fingerprint density at radius 1 is 1.41 bits per heavy atom. The highest BCUT2D eigenvalue weighted by Crippen LogP contribution is 2.32. The first-order valence-electron chi connectivity index (χ1n) is 5.33. The van der Waals surface area contributed by atoms with E-state index in [4.69, 9.17) is 11.6 Å². The molecular weight excluding hydrogens is 320 g/mol. The van der Waals surface area contributed by atoms with Crippen LogP contribution in [0, 0.1) is 5.92 Å². The van der Waals surface area contributed by atoms with E-state index in [1.807, 2.05) is 17.5 Å². The van der Waals surface area contributed by atoms with E-state index >= 15 is 0 Å². The Morgan fingerprint density at radius 2 is 2.18 bits per heavy atom. The van der Waals surface area contributed by atoms with Gasteiger partial charge in [-0.15, -0.1) is 11.3 Å². The molecule has 0 fully saturated rings. The molecule has 0 bridgehead atoms. The van der Waals surface area contributed by atoms with Gasteiger partial charge in [0.05, 0.1) is 4.88 Å². The second-order valence-electron chi connectivity index (χ2n) is 4.20. The molecule has 0 unspecified atom stereocenters. The van der Waals surface area contributed by atoms with E-state index in [2.05, 4.69) is 39.7 Å². The third-order valence-corrected chi connectivity index (χ3v) is 4.21. The van der Waals surface area contributed by atoms with Gasteiger partial charge in [-0.25, -0.2) is 9.97 Å². The maximum absolute atomic E-state index is 6.04. The summed E-state index contributed by atoms with van der Waals surface area (Å²) in [5, 5.41) is 2.51. The molecule has 0 spiro atoms. The van der Waals surface area contributed by atoms with Gasteiger partial charge in [-0.05, 0) is 45.8 Å². The molecule has 2 rings (SSSR count). The number of aromatic nitrogens is 2.